The van der Waals surface area contributed by atoms with E-state index in [2.05, 4.69) is 37.5 Å². The summed E-state index contributed by atoms with van der Waals surface area (Å²) in [5.74, 6) is 7.45. The lowest BCUT2D eigenvalue weighted by Gasteiger charge is -2.29. The van der Waals surface area contributed by atoms with E-state index in [4.69, 9.17) is 10.6 Å². The van der Waals surface area contributed by atoms with Gasteiger partial charge in [-0.3, -0.25) is 11.3 Å². The molecule has 1 aromatic rings. The molecule has 0 saturated heterocycles. The standard InChI is InChI=1S/C18H30N2O/c1-14(2)21-17-12-8-11-16(13-17)18(20-19)15-9-6-4-3-5-7-10-15/h8,11-15,18,20H,3-7,9-10,19H2,1-2H3. The minimum absolute atomic E-state index is 0.200. The molecule has 0 aromatic heterocycles. The number of nitrogens with one attached hydrogen (secondary N) is 1. The lowest BCUT2D eigenvalue weighted by Crippen LogP contribution is -2.34. The number of rotatable bonds is 5. The van der Waals surface area contributed by atoms with Crippen molar-refractivity contribution >= 4 is 0 Å². The van der Waals surface area contributed by atoms with Gasteiger partial charge in [0, 0.05) is 6.04 Å². The van der Waals surface area contributed by atoms with E-state index in [-0.39, 0.29) is 12.1 Å². The zero-order valence-corrected chi connectivity index (χ0v) is 13.5. The van der Waals surface area contributed by atoms with Crippen molar-refractivity contribution in [1.82, 2.24) is 5.43 Å². The van der Waals surface area contributed by atoms with Gasteiger partial charge in [-0.2, -0.15) is 0 Å². The van der Waals surface area contributed by atoms with E-state index in [9.17, 15) is 0 Å². The highest BCUT2D eigenvalue weighted by Crippen LogP contribution is 2.33. The first kappa shape index (κ1) is 16.3. The summed E-state index contributed by atoms with van der Waals surface area (Å²) in [6.45, 7) is 4.11. The van der Waals surface area contributed by atoms with Crippen LogP contribution in [0.1, 0.15) is 70.4 Å². The molecule has 1 saturated carbocycles. The average Bonchev–Trinajstić information content (AvgIpc) is 2.41. The van der Waals surface area contributed by atoms with Gasteiger partial charge in [-0.05, 0) is 50.3 Å². The maximum atomic E-state index is 5.89. The molecule has 2 rings (SSSR count). The molecule has 1 aliphatic carbocycles. The Morgan fingerprint density at radius 1 is 1.10 bits per heavy atom. The molecule has 1 unspecified atom stereocenters. The minimum Gasteiger partial charge on any atom is -0.491 e. The Morgan fingerprint density at radius 3 is 2.38 bits per heavy atom. The van der Waals surface area contributed by atoms with E-state index in [0.29, 0.717) is 5.92 Å². The van der Waals surface area contributed by atoms with E-state index in [1.54, 1.807) is 0 Å². The maximum absolute atomic E-state index is 5.89. The molecule has 1 aliphatic rings. The first-order chi connectivity index (χ1) is 10.2. The first-order valence-electron chi connectivity index (χ1n) is 8.43. The smallest absolute Gasteiger partial charge is 0.120 e. The van der Waals surface area contributed by atoms with Crippen molar-refractivity contribution in [2.45, 2.75) is 70.9 Å². The molecule has 3 nitrogen and oxygen atoms in total. The topological polar surface area (TPSA) is 47.3 Å². The molecule has 21 heavy (non-hydrogen) atoms. The molecular weight excluding hydrogens is 260 g/mol. The van der Waals surface area contributed by atoms with Crippen LogP contribution in [-0.4, -0.2) is 6.10 Å². The summed E-state index contributed by atoms with van der Waals surface area (Å²) in [5.41, 5.74) is 4.31. The number of benzene rings is 1. The number of nitrogens with two attached hydrogens (primary N) is 1. The molecule has 118 valence electrons. The van der Waals surface area contributed by atoms with Crippen molar-refractivity contribution < 1.29 is 4.74 Å². The van der Waals surface area contributed by atoms with Crippen molar-refractivity contribution in [3.63, 3.8) is 0 Å². The fourth-order valence-corrected chi connectivity index (χ4v) is 3.38. The average molecular weight is 290 g/mol. The third kappa shape index (κ3) is 5.01. The SMILES string of the molecule is CC(C)Oc1cccc(C(NN)C2CCCCCCC2)c1. The van der Waals surface area contributed by atoms with Gasteiger partial charge in [0.05, 0.1) is 6.10 Å². The minimum atomic E-state index is 0.200. The Morgan fingerprint density at radius 2 is 1.76 bits per heavy atom. The zero-order chi connectivity index (χ0) is 15.1. The number of hydrazine groups is 1. The van der Waals surface area contributed by atoms with Crippen LogP contribution in [0.3, 0.4) is 0 Å². The van der Waals surface area contributed by atoms with Crippen molar-refractivity contribution in [2.24, 2.45) is 11.8 Å². The van der Waals surface area contributed by atoms with Crippen LogP contribution in [-0.2, 0) is 0 Å². The van der Waals surface area contributed by atoms with Crippen LogP contribution >= 0.6 is 0 Å². The molecule has 1 aromatic carbocycles. The van der Waals surface area contributed by atoms with Gasteiger partial charge >= 0.3 is 0 Å². The molecule has 0 radical (unpaired) electrons. The van der Waals surface area contributed by atoms with Crippen LogP contribution in [0.2, 0.25) is 0 Å². The Kier molecular flexibility index (Phi) is 6.52. The van der Waals surface area contributed by atoms with E-state index in [0.717, 1.165) is 5.75 Å². The summed E-state index contributed by atoms with van der Waals surface area (Å²) >= 11 is 0. The second-order valence-corrected chi connectivity index (χ2v) is 6.49. The summed E-state index contributed by atoms with van der Waals surface area (Å²) in [4.78, 5) is 0. The normalized spacial score (nSPS) is 19.0. The Bertz CT molecular complexity index is 411. The summed E-state index contributed by atoms with van der Waals surface area (Å²) in [6.07, 6.45) is 9.51. The highest BCUT2D eigenvalue weighted by atomic mass is 16.5. The molecular formula is C18H30N2O. The van der Waals surface area contributed by atoms with E-state index in [1.807, 2.05) is 6.07 Å². The van der Waals surface area contributed by atoms with Crippen molar-refractivity contribution in [3.05, 3.63) is 29.8 Å². The second-order valence-electron chi connectivity index (χ2n) is 6.49. The van der Waals surface area contributed by atoms with E-state index >= 15 is 0 Å². The summed E-state index contributed by atoms with van der Waals surface area (Å²) in [5, 5.41) is 0. The van der Waals surface area contributed by atoms with Crippen LogP contribution in [0.25, 0.3) is 0 Å². The third-order valence-electron chi connectivity index (χ3n) is 4.39. The molecule has 1 fully saturated rings. The monoisotopic (exact) mass is 290 g/mol. The van der Waals surface area contributed by atoms with Gasteiger partial charge < -0.3 is 4.74 Å². The summed E-state index contributed by atoms with van der Waals surface area (Å²) in [6, 6.07) is 8.63. The largest absolute Gasteiger partial charge is 0.491 e. The zero-order valence-electron chi connectivity index (χ0n) is 13.5. The van der Waals surface area contributed by atoms with Gasteiger partial charge in [-0.15, -0.1) is 0 Å². The molecule has 0 spiro atoms. The third-order valence-corrected chi connectivity index (χ3v) is 4.39. The van der Waals surface area contributed by atoms with Crippen molar-refractivity contribution in [3.8, 4) is 5.75 Å². The number of hydrogen-bond acceptors (Lipinski definition) is 3. The lowest BCUT2D eigenvalue weighted by atomic mass is 9.83. The highest BCUT2D eigenvalue weighted by molar-refractivity contribution is 5.31. The predicted octanol–water partition coefficient (Wildman–Crippen LogP) is 4.34. The van der Waals surface area contributed by atoms with E-state index in [1.165, 1.54) is 50.5 Å². The second kappa shape index (κ2) is 8.40. The predicted molar refractivity (Wildman–Crippen MR) is 88.1 cm³/mol. The summed E-state index contributed by atoms with van der Waals surface area (Å²) in [7, 11) is 0. The van der Waals surface area contributed by atoms with Gasteiger partial charge in [0.15, 0.2) is 0 Å². The molecule has 0 aliphatic heterocycles. The van der Waals surface area contributed by atoms with Crippen LogP contribution in [0, 0.1) is 5.92 Å². The van der Waals surface area contributed by atoms with Crippen LogP contribution in [0.15, 0.2) is 24.3 Å². The number of ether oxygens (including phenoxy) is 1. The fourth-order valence-electron chi connectivity index (χ4n) is 3.38. The van der Waals surface area contributed by atoms with Crippen LogP contribution in [0.4, 0.5) is 0 Å². The molecule has 0 bridgehead atoms. The van der Waals surface area contributed by atoms with Crippen molar-refractivity contribution in [2.75, 3.05) is 0 Å². The van der Waals surface area contributed by atoms with Gasteiger partial charge in [-0.1, -0.05) is 44.2 Å². The molecule has 0 amide bonds. The molecule has 3 N–H and O–H groups in total. The lowest BCUT2D eigenvalue weighted by molar-refractivity contribution is 0.241. The Labute approximate surface area is 129 Å². The quantitative estimate of drug-likeness (QED) is 0.626. The van der Waals surface area contributed by atoms with Crippen molar-refractivity contribution in [1.29, 1.82) is 0 Å². The highest BCUT2D eigenvalue weighted by Gasteiger charge is 2.23. The number of hydrogen-bond donors (Lipinski definition) is 2. The van der Waals surface area contributed by atoms with E-state index < -0.39 is 0 Å². The van der Waals surface area contributed by atoms with Gasteiger partial charge in [-0.25, -0.2) is 0 Å². The van der Waals surface area contributed by atoms with Crippen LogP contribution in [0.5, 0.6) is 5.75 Å². The van der Waals surface area contributed by atoms with Gasteiger partial charge in [0.25, 0.3) is 0 Å². The Hall–Kier alpha value is -1.06. The van der Waals surface area contributed by atoms with Crippen LogP contribution < -0.4 is 16.0 Å². The first-order valence-corrected chi connectivity index (χ1v) is 8.43. The Balaban J connectivity index is 2.11. The molecule has 3 heteroatoms. The van der Waals surface area contributed by atoms with Gasteiger partial charge in [0.1, 0.15) is 5.75 Å². The molecule has 1 atom stereocenters. The van der Waals surface area contributed by atoms with Gasteiger partial charge in [0.2, 0.25) is 0 Å². The maximum Gasteiger partial charge on any atom is 0.120 e. The fraction of sp³-hybridized carbons (Fsp3) is 0.667. The molecule has 0 heterocycles. The summed E-state index contributed by atoms with van der Waals surface area (Å²) < 4.78 is 5.81.